The number of nitrogens with zero attached hydrogens (tertiary/aromatic N) is 1. The number of fused-ring (bicyclic) bond motifs is 1. The van der Waals surface area contributed by atoms with Crippen LogP contribution in [-0.2, 0) is 21.1 Å². The van der Waals surface area contributed by atoms with Gasteiger partial charge < -0.3 is 4.74 Å². The predicted molar refractivity (Wildman–Crippen MR) is 91.5 cm³/mol. The second-order valence-electron chi connectivity index (χ2n) is 6.15. The number of hydrogen-bond donors (Lipinski definition) is 0. The zero-order valence-corrected chi connectivity index (χ0v) is 14.6. The van der Waals surface area contributed by atoms with Gasteiger partial charge in [0.2, 0.25) is 0 Å². The minimum Gasteiger partial charge on any atom is -0.438 e. The molecule has 0 radical (unpaired) electrons. The Morgan fingerprint density at radius 3 is 2.75 bits per heavy atom. The van der Waals surface area contributed by atoms with E-state index in [4.69, 9.17) is 4.74 Å². The molecule has 1 fully saturated rings. The minimum atomic E-state index is -3.02. The molecule has 0 N–H and O–H groups in total. The van der Waals surface area contributed by atoms with E-state index in [1.807, 2.05) is 40.6 Å². The van der Waals surface area contributed by atoms with Crippen LogP contribution < -0.4 is 0 Å². The molecule has 1 saturated heterocycles. The van der Waals surface area contributed by atoms with Crippen molar-refractivity contribution in [2.24, 2.45) is 0 Å². The summed E-state index contributed by atoms with van der Waals surface area (Å²) in [7, 11) is -3.02. The van der Waals surface area contributed by atoms with Crippen molar-refractivity contribution in [1.82, 2.24) is 4.90 Å². The molecular weight excluding hydrogens is 346 g/mol. The van der Waals surface area contributed by atoms with Crippen LogP contribution in [0.4, 0.5) is 0 Å². The molecule has 2 atom stereocenters. The Labute approximate surface area is 144 Å². The number of carbonyl (C=O) groups excluding carboxylic acids is 1. The van der Waals surface area contributed by atoms with Crippen LogP contribution in [0.25, 0.3) is 0 Å². The van der Waals surface area contributed by atoms with Crippen molar-refractivity contribution >= 4 is 27.1 Å². The van der Waals surface area contributed by atoms with Crippen LogP contribution in [0.5, 0.6) is 0 Å². The second kappa shape index (κ2) is 5.98. The monoisotopic (exact) mass is 363 g/mol. The van der Waals surface area contributed by atoms with Crippen molar-refractivity contribution in [3.05, 3.63) is 57.8 Å². The second-order valence-corrected chi connectivity index (χ2v) is 9.41. The molecule has 1 aromatic heterocycles. The molecule has 5 nitrogen and oxygen atoms in total. The fourth-order valence-electron chi connectivity index (χ4n) is 3.40. The summed E-state index contributed by atoms with van der Waals surface area (Å²) >= 11 is 1.62. The highest BCUT2D eigenvalue weighted by Crippen LogP contribution is 2.37. The molecule has 0 aliphatic carbocycles. The number of carbonyl (C=O) groups is 1. The summed E-state index contributed by atoms with van der Waals surface area (Å²) in [5.74, 6) is -0.0252. The molecule has 2 aromatic rings. The lowest BCUT2D eigenvalue weighted by molar-refractivity contribution is -0.0420. The summed E-state index contributed by atoms with van der Waals surface area (Å²) in [5, 5.41) is 1.99. The van der Waals surface area contributed by atoms with E-state index < -0.39 is 16.1 Å². The Balaban J connectivity index is 1.69. The van der Waals surface area contributed by atoms with Crippen LogP contribution in [0.1, 0.15) is 33.4 Å². The van der Waals surface area contributed by atoms with Crippen molar-refractivity contribution in [2.75, 3.05) is 11.5 Å². The number of benzene rings is 1. The van der Waals surface area contributed by atoms with Crippen LogP contribution >= 0.6 is 11.3 Å². The third-order valence-electron chi connectivity index (χ3n) is 4.56. The molecule has 2 unspecified atom stereocenters. The zero-order valence-electron chi connectivity index (χ0n) is 12.9. The van der Waals surface area contributed by atoms with Gasteiger partial charge in [0.25, 0.3) is 0 Å². The number of ether oxygens (including phenoxy) is 1. The third-order valence-corrected chi connectivity index (χ3v) is 7.17. The van der Waals surface area contributed by atoms with Crippen molar-refractivity contribution in [3.63, 3.8) is 0 Å². The lowest BCUT2D eigenvalue weighted by Gasteiger charge is -2.32. The Bertz CT molecular complexity index is 860. The predicted octanol–water partition coefficient (Wildman–Crippen LogP) is 2.61. The van der Waals surface area contributed by atoms with E-state index in [9.17, 15) is 13.2 Å². The normalized spacial score (nSPS) is 25.0. The molecule has 3 heterocycles. The molecule has 7 heteroatoms. The van der Waals surface area contributed by atoms with Crippen molar-refractivity contribution in [1.29, 1.82) is 0 Å². The van der Waals surface area contributed by atoms with E-state index in [1.165, 1.54) is 0 Å². The van der Waals surface area contributed by atoms with Crippen LogP contribution in [0, 0.1) is 0 Å². The maximum absolute atomic E-state index is 12.2. The van der Waals surface area contributed by atoms with E-state index in [0.29, 0.717) is 18.5 Å². The molecule has 0 amide bonds. The van der Waals surface area contributed by atoms with Gasteiger partial charge in [0.1, 0.15) is 0 Å². The number of hydrogen-bond acceptors (Lipinski definition) is 6. The third kappa shape index (κ3) is 2.87. The van der Waals surface area contributed by atoms with E-state index >= 15 is 0 Å². The van der Waals surface area contributed by atoms with Crippen molar-refractivity contribution in [2.45, 2.75) is 25.2 Å². The van der Waals surface area contributed by atoms with Gasteiger partial charge in [0.05, 0.1) is 17.1 Å². The Hall–Kier alpha value is -1.70. The molecule has 0 saturated carbocycles. The summed E-state index contributed by atoms with van der Waals surface area (Å²) in [4.78, 5) is 15.3. The van der Waals surface area contributed by atoms with Gasteiger partial charge in [0, 0.05) is 23.0 Å². The number of esters is 1. The highest BCUT2D eigenvalue weighted by molar-refractivity contribution is 7.91. The van der Waals surface area contributed by atoms with Crippen molar-refractivity contribution in [3.8, 4) is 0 Å². The molecule has 2 aliphatic heterocycles. The maximum Gasteiger partial charge on any atom is 0.340 e. The van der Waals surface area contributed by atoms with Gasteiger partial charge in [0.15, 0.2) is 16.1 Å². The Morgan fingerprint density at radius 2 is 2.04 bits per heavy atom. The van der Waals surface area contributed by atoms with Crippen LogP contribution in [-0.4, -0.2) is 36.8 Å². The average molecular weight is 363 g/mol. The van der Waals surface area contributed by atoms with E-state index in [-0.39, 0.29) is 23.5 Å². The Morgan fingerprint density at radius 1 is 1.21 bits per heavy atom. The van der Waals surface area contributed by atoms with Gasteiger partial charge in [-0.1, -0.05) is 24.3 Å². The number of sulfone groups is 1. The molecule has 126 valence electrons. The lowest BCUT2D eigenvalue weighted by Crippen LogP contribution is -2.38. The fourth-order valence-corrected chi connectivity index (χ4v) is 5.85. The first-order valence-corrected chi connectivity index (χ1v) is 10.5. The van der Waals surface area contributed by atoms with E-state index in [2.05, 4.69) is 0 Å². The number of rotatable bonds is 4. The van der Waals surface area contributed by atoms with Gasteiger partial charge in [-0.05, 0) is 23.9 Å². The van der Waals surface area contributed by atoms with Gasteiger partial charge >= 0.3 is 5.97 Å². The van der Waals surface area contributed by atoms with Crippen LogP contribution in [0.15, 0.2) is 41.8 Å². The smallest absolute Gasteiger partial charge is 0.340 e. The first kappa shape index (κ1) is 15.8. The highest BCUT2D eigenvalue weighted by Gasteiger charge is 2.41. The van der Waals surface area contributed by atoms with Gasteiger partial charge in [-0.15, -0.1) is 11.3 Å². The lowest BCUT2D eigenvalue weighted by atomic mass is 10.1. The molecule has 24 heavy (non-hydrogen) atoms. The van der Waals surface area contributed by atoms with Crippen LogP contribution in [0.3, 0.4) is 0 Å². The van der Waals surface area contributed by atoms with E-state index in [0.717, 1.165) is 10.4 Å². The van der Waals surface area contributed by atoms with Crippen LogP contribution in [0.2, 0.25) is 0 Å². The van der Waals surface area contributed by atoms with Gasteiger partial charge in [-0.2, -0.15) is 0 Å². The standard InChI is InChI=1S/C17H17NO4S2/c19-17-15-6-2-1-5-14(15)16(22-17)18(10-13-4-3-8-23-13)12-7-9-24(20,21)11-12/h1-6,8,12,16H,7,9-11H2. The molecule has 1 aromatic carbocycles. The first-order chi connectivity index (χ1) is 11.5. The van der Waals surface area contributed by atoms with Crippen molar-refractivity contribution < 1.29 is 17.9 Å². The molecule has 0 bridgehead atoms. The van der Waals surface area contributed by atoms with Gasteiger partial charge in [-0.25, -0.2) is 13.2 Å². The number of thiophene rings is 1. The molecule has 4 rings (SSSR count). The first-order valence-electron chi connectivity index (χ1n) is 7.82. The summed E-state index contributed by atoms with van der Waals surface area (Å²) in [5.41, 5.74) is 1.39. The molecule has 2 aliphatic rings. The minimum absolute atomic E-state index is 0.120. The largest absolute Gasteiger partial charge is 0.438 e. The summed E-state index contributed by atoms with van der Waals surface area (Å²) in [6.45, 7) is 0.574. The summed E-state index contributed by atoms with van der Waals surface area (Å²) < 4.78 is 29.5. The topological polar surface area (TPSA) is 63.7 Å². The molecule has 0 spiro atoms. The van der Waals surface area contributed by atoms with Gasteiger partial charge in [-0.3, -0.25) is 4.90 Å². The zero-order chi connectivity index (χ0) is 16.7. The fraction of sp³-hybridized carbons (Fsp3) is 0.353. The van der Waals surface area contributed by atoms with E-state index in [1.54, 1.807) is 17.4 Å². The SMILES string of the molecule is O=C1OC(N(Cc2cccs2)C2CCS(=O)(=O)C2)c2ccccc21. The maximum atomic E-state index is 12.2. The Kier molecular flexibility index (Phi) is 3.94. The highest BCUT2D eigenvalue weighted by atomic mass is 32.2. The average Bonchev–Trinajstić information content (AvgIpc) is 3.26. The summed E-state index contributed by atoms with van der Waals surface area (Å²) in [6, 6.07) is 11.2. The molecular formula is C17H17NO4S2. The quantitative estimate of drug-likeness (QED) is 0.782. The summed E-state index contributed by atoms with van der Waals surface area (Å²) in [6.07, 6.45) is 0.0540. The number of cyclic esters (lactones) is 1.